The van der Waals surface area contributed by atoms with Crippen LogP contribution in [-0.4, -0.2) is 14.0 Å². The molecule has 4 heterocycles. The Morgan fingerprint density at radius 1 is 0.564 bits per heavy atom. The summed E-state index contributed by atoms with van der Waals surface area (Å²) >= 11 is 0. The predicted octanol–water partition coefficient (Wildman–Crippen LogP) is 8.00. The molecule has 9 aromatic rings. The Kier molecular flexibility index (Phi) is 3.87. The maximum absolute atomic E-state index is 14.5. The maximum Gasteiger partial charge on any atom is 0.263 e. The molecule has 5 aromatic carbocycles. The monoisotopic (exact) mass is 501 g/mol. The van der Waals surface area contributed by atoms with Gasteiger partial charge in [-0.25, -0.2) is 4.98 Å². The SMILES string of the molecule is O=c1c2ccccc2c2c(c3ccccc3n3c4ccccc4nc23)n1-c1cccc2oc3ccccc3c12. The number of nitrogens with zero attached hydrogens (tertiary/aromatic N) is 3. The summed E-state index contributed by atoms with van der Waals surface area (Å²) in [6, 6.07) is 38.3. The van der Waals surface area contributed by atoms with E-state index in [4.69, 9.17) is 9.40 Å². The van der Waals surface area contributed by atoms with Crippen LogP contribution in [0.2, 0.25) is 0 Å². The van der Waals surface area contributed by atoms with Crippen LogP contribution in [0.25, 0.3) is 76.9 Å². The van der Waals surface area contributed by atoms with Gasteiger partial charge in [0.25, 0.3) is 5.56 Å². The average molecular weight is 502 g/mol. The third-order valence-electron chi connectivity index (χ3n) is 7.90. The molecule has 0 bridgehead atoms. The first-order valence-electron chi connectivity index (χ1n) is 13.0. The van der Waals surface area contributed by atoms with Crippen molar-refractivity contribution in [2.45, 2.75) is 0 Å². The van der Waals surface area contributed by atoms with E-state index < -0.39 is 0 Å². The molecule has 0 spiro atoms. The number of imidazole rings is 1. The predicted molar refractivity (Wildman–Crippen MR) is 158 cm³/mol. The second kappa shape index (κ2) is 7.33. The van der Waals surface area contributed by atoms with E-state index in [0.717, 1.165) is 71.5 Å². The molecule has 0 unspecified atom stereocenters. The Balaban J connectivity index is 1.64. The number of benzene rings is 5. The van der Waals surface area contributed by atoms with Gasteiger partial charge in [0, 0.05) is 21.5 Å². The number of fused-ring (bicyclic) bond motifs is 13. The van der Waals surface area contributed by atoms with Crippen LogP contribution in [0.3, 0.4) is 0 Å². The normalized spacial score (nSPS) is 12.2. The van der Waals surface area contributed by atoms with E-state index in [2.05, 4.69) is 28.7 Å². The smallest absolute Gasteiger partial charge is 0.263 e. The standard InChI is InChI=1S/C34H19N3O2/c38-34-21-11-2-1-10-20(21)31-32(37(34)27-17-9-19-29-30(27)23-13-4-8-18-28(23)39-29)22-12-3-6-15-25(22)36-26-16-7-5-14-24(26)35-33(31)36/h1-19H. The fourth-order valence-corrected chi connectivity index (χ4v) is 6.31. The van der Waals surface area contributed by atoms with E-state index in [1.807, 2.05) is 95.6 Å². The van der Waals surface area contributed by atoms with Gasteiger partial charge >= 0.3 is 0 Å². The van der Waals surface area contributed by atoms with Gasteiger partial charge in [-0.1, -0.05) is 72.8 Å². The molecule has 0 radical (unpaired) electrons. The zero-order valence-corrected chi connectivity index (χ0v) is 20.6. The molecule has 9 rings (SSSR count). The zero-order valence-electron chi connectivity index (χ0n) is 20.6. The van der Waals surface area contributed by atoms with Gasteiger partial charge in [0.05, 0.1) is 38.5 Å². The fourth-order valence-electron chi connectivity index (χ4n) is 6.31. The number of hydrogen-bond acceptors (Lipinski definition) is 3. The largest absolute Gasteiger partial charge is 0.456 e. The van der Waals surface area contributed by atoms with Crippen molar-refractivity contribution in [3.8, 4) is 5.69 Å². The first kappa shape index (κ1) is 20.6. The minimum Gasteiger partial charge on any atom is -0.456 e. The second-order valence-corrected chi connectivity index (χ2v) is 9.93. The Bertz CT molecular complexity index is 2530. The summed E-state index contributed by atoms with van der Waals surface area (Å²) in [4.78, 5) is 19.6. The van der Waals surface area contributed by atoms with Crippen molar-refractivity contribution in [2.24, 2.45) is 0 Å². The Labute approximate surface area is 220 Å². The fraction of sp³-hybridized carbons (Fsp3) is 0. The van der Waals surface area contributed by atoms with Gasteiger partial charge in [0.15, 0.2) is 0 Å². The van der Waals surface area contributed by atoms with E-state index in [9.17, 15) is 4.79 Å². The summed E-state index contributed by atoms with van der Waals surface area (Å²) < 4.78 is 10.3. The van der Waals surface area contributed by atoms with Crippen LogP contribution in [0, 0.1) is 0 Å². The van der Waals surface area contributed by atoms with Crippen LogP contribution in [0.4, 0.5) is 0 Å². The summed E-state index contributed by atoms with van der Waals surface area (Å²) in [5.41, 5.74) is 6.90. The Morgan fingerprint density at radius 3 is 2.10 bits per heavy atom. The quantitative estimate of drug-likeness (QED) is 0.214. The number of furan rings is 1. The van der Waals surface area contributed by atoms with Gasteiger partial charge in [-0.2, -0.15) is 0 Å². The van der Waals surface area contributed by atoms with Crippen LogP contribution < -0.4 is 5.56 Å². The molecule has 0 fully saturated rings. The lowest BCUT2D eigenvalue weighted by molar-refractivity contribution is 0.669. The van der Waals surface area contributed by atoms with Crippen molar-refractivity contribution < 1.29 is 4.42 Å². The molecule has 182 valence electrons. The van der Waals surface area contributed by atoms with E-state index in [0.29, 0.717) is 5.39 Å². The first-order chi connectivity index (χ1) is 19.3. The van der Waals surface area contributed by atoms with Gasteiger partial charge in [0.2, 0.25) is 0 Å². The van der Waals surface area contributed by atoms with Gasteiger partial charge in [-0.15, -0.1) is 0 Å². The molecular formula is C34H19N3O2. The molecule has 4 aromatic heterocycles. The van der Waals surface area contributed by atoms with Crippen molar-refractivity contribution in [1.82, 2.24) is 14.0 Å². The lowest BCUT2D eigenvalue weighted by Crippen LogP contribution is -2.20. The highest BCUT2D eigenvalue weighted by molar-refractivity contribution is 6.22. The van der Waals surface area contributed by atoms with Crippen molar-refractivity contribution in [1.29, 1.82) is 0 Å². The van der Waals surface area contributed by atoms with E-state index in [1.54, 1.807) is 0 Å². The maximum atomic E-state index is 14.5. The molecule has 0 saturated carbocycles. The molecule has 0 aliphatic carbocycles. The molecule has 0 aliphatic rings. The third-order valence-corrected chi connectivity index (χ3v) is 7.90. The van der Waals surface area contributed by atoms with Gasteiger partial charge in [0.1, 0.15) is 16.8 Å². The molecule has 0 atom stereocenters. The zero-order chi connectivity index (χ0) is 25.7. The van der Waals surface area contributed by atoms with E-state index in [-0.39, 0.29) is 5.56 Å². The number of hydrogen-bond donors (Lipinski definition) is 0. The Hall–Kier alpha value is -5.42. The minimum absolute atomic E-state index is 0.0681. The van der Waals surface area contributed by atoms with Gasteiger partial charge in [-0.3, -0.25) is 13.8 Å². The summed E-state index contributed by atoms with van der Waals surface area (Å²) in [5.74, 6) is 0. The number of rotatable bonds is 1. The van der Waals surface area contributed by atoms with Crippen molar-refractivity contribution in [3.63, 3.8) is 0 Å². The molecular weight excluding hydrogens is 482 g/mol. The number of aromatic nitrogens is 3. The summed E-state index contributed by atoms with van der Waals surface area (Å²) in [6.45, 7) is 0. The van der Waals surface area contributed by atoms with Crippen LogP contribution in [-0.2, 0) is 0 Å². The van der Waals surface area contributed by atoms with E-state index in [1.165, 1.54) is 0 Å². The molecule has 39 heavy (non-hydrogen) atoms. The highest BCUT2D eigenvalue weighted by atomic mass is 16.3. The van der Waals surface area contributed by atoms with Gasteiger partial charge in [-0.05, 0) is 42.5 Å². The highest BCUT2D eigenvalue weighted by Gasteiger charge is 2.22. The lowest BCUT2D eigenvalue weighted by Gasteiger charge is -2.18. The second-order valence-electron chi connectivity index (χ2n) is 9.93. The molecule has 0 saturated heterocycles. The van der Waals surface area contributed by atoms with Crippen molar-refractivity contribution in [3.05, 3.63) is 126 Å². The van der Waals surface area contributed by atoms with Crippen LogP contribution >= 0.6 is 0 Å². The molecule has 0 aliphatic heterocycles. The highest BCUT2D eigenvalue weighted by Crippen LogP contribution is 2.39. The summed E-state index contributed by atoms with van der Waals surface area (Å²) in [7, 11) is 0. The van der Waals surface area contributed by atoms with Gasteiger partial charge < -0.3 is 4.42 Å². The number of para-hydroxylation sites is 4. The minimum atomic E-state index is -0.0681. The lowest BCUT2D eigenvalue weighted by atomic mass is 10.0. The molecule has 0 amide bonds. The molecule has 5 heteroatoms. The Morgan fingerprint density at radius 2 is 1.23 bits per heavy atom. The van der Waals surface area contributed by atoms with Crippen LogP contribution in [0.15, 0.2) is 124 Å². The van der Waals surface area contributed by atoms with E-state index >= 15 is 0 Å². The molecule has 0 N–H and O–H groups in total. The first-order valence-corrected chi connectivity index (χ1v) is 13.0. The van der Waals surface area contributed by atoms with Crippen molar-refractivity contribution in [2.75, 3.05) is 0 Å². The summed E-state index contributed by atoms with van der Waals surface area (Å²) in [6.07, 6.45) is 0. The summed E-state index contributed by atoms with van der Waals surface area (Å²) in [5, 5.41) is 5.38. The third kappa shape index (κ3) is 2.58. The van der Waals surface area contributed by atoms with Crippen LogP contribution in [0.5, 0.6) is 0 Å². The molecule has 5 nitrogen and oxygen atoms in total. The van der Waals surface area contributed by atoms with Crippen molar-refractivity contribution >= 4 is 71.2 Å². The van der Waals surface area contributed by atoms with Crippen LogP contribution in [0.1, 0.15) is 0 Å². The average Bonchev–Trinajstić information content (AvgIpc) is 3.56. The topological polar surface area (TPSA) is 52.4 Å². The number of pyridine rings is 2.